The maximum Gasteiger partial charge on any atom is 0.146 e. The van der Waals surface area contributed by atoms with Crippen molar-refractivity contribution in [3.05, 3.63) is 109 Å². The third kappa shape index (κ3) is 2.74. The molecule has 0 amide bonds. The molecule has 3 aromatic carbocycles. The van der Waals surface area contributed by atoms with Crippen LogP contribution in [0.2, 0.25) is 0 Å². The molecule has 7 aromatic rings. The van der Waals surface area contributed by atoms with Crippen LogP contribution in [0.4, 0.5) is 0 Å². The fourth-order valence-corrected chi connectivity index (χ4v) is 4.73. The van der Waals surface area contributed by atoms with Gasteiger partial charge in [-0.3, -0.25) is 9.55 Å². The number of aromatic nitrogens is 4. The first kappa shape index (κ1) is 18.0. The Bertz CT molecular complexity index is 1820. The maximum atomic E-state index is 5.09. The molecule has 0 aliphatic rings. The third-order valence-electron chi connectivity index (χ3n) is 6.28. The second-order valence-corrected chi connectivity index (χ2v) is 8.19. The largest absolute Gasteiger partial charge is 0.278 e. The second kappa shape index (κ2) is 6.97. The summed E-state index contributed by atoms with van der Waals surface area (Å²) in [6.07, 6.45) is 3.66. The van der Waals surface area contributed by atoms with Gasteiger partial charge in [-0.05, 0) is 53.6 Å². The molecule has 0 aliphatic heterocycles. The Kier molecular flexibility index (Phi) is 3.81. The first-order chi connectivity index (χ1) is 16.4. The zero-order chi connectivity index (χ0) is 21.8. The lowest BCUT2D eigenvalue weighted by molar-refractivity contribution is 1.07. The van der Waals surface area contributed by atoms with Crippen molar-refractivity contribution in [1.82, 2.24) is 19.5 Å². The monoisotopic (exact) mass is 422 g/mol. The first-order valence-electron chi connectivity index (χ1n) is 11.0. The summed E-state index contributed by atoms with van der Waals surface area (Å²) in [5.74, 6) is 0.840. The number of nitrogens with zero attached hydrogens (tertiary/aromatic N) is 4. The number of pyridine rings is 3. The van der Waals surface area contributed by atoms with Crippen LogP contribution >= 0.6 is 0 Å². The van der Waals surface area contributed by atoms with Gasteiger partial charge >= 0.3 is 0 Å². The Morgan fingerprint density at radius 3 is 2.24 bits per heavy atom. The minimum atomic E-state index is 0.840. The lowest BCUT2D eigenvalue weighted by Gasteiger charge is -2.09. The van der Waals surface area contributed by atoms with Gasteiger partial charge in [0.1, 0.15) is 11.5 Å². The van der Waals surface area contributed by atoms with Gasteiger partial charge in [0.25, 0.3) is 0 Å². The second-order valence-electron chi connectivity index (χ2n) is 8.19. The summed E-state index contributed by atoms with van der Waals surface area (Å²) in [5.41, 5.74) is 6.19. The van der Waals surface area contributed by atoms with E-state index in [2.05, 4.69) is 88.4 Å². The van der Waals surface area contributed by atoms with Gasteiger partial charge in [-0.2, -0.15) is 0 Å². The predicted octanol–water partition coefficient (Wildman–Crippen LogP) is 6.94. The minimum absolute atomic E-state index is 0.840. The Hall–Kier alpha value is -4.57. The lowest BCUT2D eigenvalue weighted by Crippen LogP contribution is -1.99. The van der Waals surface area contributed by atoms with Crippen molar-refractivity contribution < 1.29 is 0 Å². The van der Waals surface area contributed by atoms with E-state index in [1.54, 1.807) is 0 Å². The molecule has 0 atom stereocenters. The van der Waals surface area contributed by atoms with Gasteiger partial charge in [-0.1, -0.05) is 54.6 Å². The number of fused-ring (bicyclic) bond motifs is 6. The van der Waals surface area contributed by atoms with Gasteiger partial charge in [0.15, 0.2) is 0 Å². The summed E-state index contributed by atoms with van der Waals surface area (Å²) in [4.78, 5) is 14.4. The highest BCUT2D eigenvalue weighted by atomic mass is 15.1. The van der Waals surface area contributed by atoms with Crippen molar-refractivity contribution in [3.8, 4) is 16.9 Å². The molecule has 4 nitrogen and oxygen atoms in total. The van der Waals surface area contributed by atoms with Crippen molar-refractivity contribution >= 4 is 43.7 Å². The molecule has 0 bridgehead atoms. The zero-order valence-electron chi connectivity index (χ0n) is 17.7. The van der Waals surface area contributed by atoms with Crippen LogP contribution in [-0.2, 0) is 0 Å². The topological polar surface area (TPSA) is 43.6 Å². The molecular weight excluding hydrogens is 404 g/mol. The van der Waals surface area contributed by atoms with Crippen LogP contribution in [0.3, 0.4) is 0 Å². The van der Waals surface area contributed by atoms with Crippen LogP contribution in [-0.4, -0.2) is 19.5 Å². The van der Waals surface area contributed by atoms with Gasteiger partial charge < -0.3 is 0 Å². The van der Waals surface area contributed by atoms with E-state index in [9.17, 15) is 0 Å². The van der Waals surface area contributed by atoms with Gasteiger partial charge in [-0.25, -0.2) is 9.97 Å². The SMILES string of the molecule is c1ccc(-c2ccc3c(c2)c2cccnc2n3-c2ccc3ccc4cccnc4c3n2)cc1. The highest BCUT2D eigenvalue weighted by Crippen LogP contribution is 2.34. The zero-order valence-corrected chi connectivity index (χ0v) is 17.7. The van der Waals surface area contributed by atoms with Crippen LogP contribution in [0.1, 0.15) is 0 Å². The van der Waals surface area contributed by atoms with E-state index in [1.165, 1.54) is 11.1 Å². The fourth-order valence-electron chi connectivity index (χ4n) is 4.73. The summed E-state index contributed by atoms with van der Waals surface area (Å²) in [5, 5.41) is 4.44. The number of hydrogen-bond donors (Lipinski definition) is 0. The van der Waals surface area contributed by atoms with E-state index in [0.717, 1.165) is 49.6 Å². The van der Waals surface area contributed by atoms with Crippen LogP contribution in [0.25, 0.3) is 60.7 Å². The van der Waals surface area contributed by atoms with E-state index < -0.39 is 0 Å². The molecule has 0 saturated carbocycles. The normalized spacial score (nSPS) is 11.6. The quantitative estimate of drug-likeness (QED) is 0.283. The summed E-state index contributed by atoms with van der Waals surface area (Å²) >= 11 is 0. The van der Waals surface area contributed by atoms with Crippen molar-refractivity contribution in [3.63, 3.8) is 0 Å². The molecule has 4 aromatic heterocycles. The predicted molar refractivity (Wildman–Crippen MR) is 135 cm³/mol. The van der Waals surface area contributed by atoms with Gasteiger partial charge in [0, 0.05) is 33.9 Å². The van der Waals surface area contributed by atoms with E-state index in [4.69, 9.17) is 9.97 Å². The maximum absolute atomic E-state index is 5.09. The average molecular weight is 422 g/mol. The van der Waals surface area contributed by atoms with Crippen LogP contribution in [0.15, 0.2) is 109 Å². The summed E-state index contributed by atoms with van der Waals surface area (Å²) in [7, 11) is 0. The number of hydrogen-bond acceptors (Lipinski definition) is 3. The molecule has 4 heterocycles. The summed E-state index contributed by atoms with van der Waals surface area (Å²) in [6.45, 7) is 0. The number of benzene rings is 3. The van der Waals surface area contributed by atoms with Crippen LogP contribution in [0.5, 0.6) is 0 Å². The highest BCUT2D eigenvalue weighted by Gasteiger charge is 2.15. The smallest absolute Gasteiger partial charge is 0.146 e. The standard InChI is InChI=1S/C29H18N4/c1-2-6-19(7-3-1)22-12-14-25-24(18-22)23-9-5-17-31-29(23)33(25)26-15-13-21-11-10-20-8-4-16-30-27(20)28(21)32-26/h1-18H. The first-order valence-corrected chi connectivity index (χ1v) is 11.0. The minimum Gasteiger partial charge on any atom is -0.278 e. The molecule has 0 unspecified atom stereocenters. The number of rotatable bonds is 2. The molecule has 0 radical (unpaired) electrons. The van der Waals surface area contributed by atoms with Gasteiger partial charge in [0.2, 0.25) is 0 Å². The molecule has 0 saturated heterocycles. The molecule has 7 rings (SSSR count). The van der Waals surface area contributed by atoms with Crippen molar-refractivity contribution in [2.45, 2.75) is 0 Å². The lowest BCUT2D eigenvalue weighted by atomic mass is 10.0. The van der Waals surface area contributed by atoms with E-state index in [0.29, 0.717) is 0 Å². The average Bonchev–Trinajstić information content (AvgIpc) is 3.22. The summed E-state index contributed by atoms with van der Waals surface area (Å²) < 4.78 is 2.15. The van der Waals surface area contributed by atoms with Crippen molar-refractivity contribution in [2.24, 2.45) is 0 Å². The van der Waals surface area contributed by atoms with Gasteiger partial charge in [0.05, 0.1) is 16.6 Å². The van der Waals surface area contributed by atoms with Crippen LogP contribution in [0, 0.1) is 0 Å². The molecular formula is C29H18N4. The van der Waals surface area contributed by atoms with E-state index in [-0.39, 0.29) is 0 Å². The third-order valence-corrected chi connectivity index (χ3v) is 6.28. The molecule has 0 spiro atoms. The molecule has 0 aliphatic carbocycles. The summed E-state index contributed by atoms with van der Waals surface area (Å²) in [6, 6.07) is 33.6. The Morgan fingerprint density at radius 1 is 0.545 bits per heavy atom. The van der Waals surface area contributed by atoms with Crippen molar-refractivity contribution in [1.29, 1.82) is 0 Å². The molecule has 0 fully saturated rings. The fraction of sp³-hybridized carbons (Fsp3) is 0. The van der Waals surface area contributed by atoms with Gasteiger partial charge in [-0.15, -0.1) is 0 Å². The molecule has 4 heteroatoms. The molecule has 154 valence electrons. The van der Waals surface area contributed by atoms with Crippen LogP contribution < -0.4 is 0 Å². The Morgan fingerprint density at radius 2 is 1.33 bits per heavy atom. The molecule has 0 N–H and O–H groups in total. The Balaban J connectivity index is 1.54. The van der Waals surface area contributed by atoms with E-state index in [1.807, 2.05) is 30.6 Å². The van der Waals surface area contributed by atoms with E-state index >= 15 is 0 Å². The highest BCUT2D eigenvalue weighted by molar-refractivity contribution is 6.09. The van der Waals surface area contributed by atoms with Crippen molar-refractivity contribution in [2.75, 3.05) is 0 Å². The Labute approximate surface area is 189 Å². The molecule has 33 heavy (non-hydrogen) atoms.